The van der Waals surface area contributed by atoms with Crippen LogP contribution in [0.1, 0.15) is 47.4 Å². The topological polar surface area (TPSA) is 150 Å². The number of aromatic amines is 1. The fraction of sp³-hybridized carbons (Fsp3) is 0.355. The van der Waals surface area contributed by atoms with Crippen molar-refractivity contribution in [2.24, 2.45) is 7.05 Å². The van der Waals surface area contributed by atoms with E-state index in [0.717, 1.165) is 6.20 Å². The number of benzene rings is 1. The number of rotatable bonds is 6. The van der Waals surface area contributed by atoms with Crippen LogP contribution in [0.2, 0.25) is 5.02 Å². The number of piperazine rings is 1. The molecule has 48 heavy (non-hydrogen) atoms. The first kappa shape index (κ1) is 34.2. The first-order valence-corrected chi connectivity index (χ1v) is 15.1. The van der Waals surface area contributed by atoms with E-state index in [4.69, 9.17) is 16.3 Å². The number of nitrogens with zero attached hydrogens (tertiary/aromatic N) is 6. The number of carbonyl (C=O) groups is 3. The number of amides is 3. The normalized spacial score (nSPS) is 13.8. The first-order valence-electron chi connectivity index (χ1n) is 14.8. The summed E-state index contributed by atoms with van der Waals surface area (Å²) >= 11 is 6.45. The van der Waals surface area contributed by atoms with Crippen LogP contribution in [-0.2, 0) is 18.0 Å². The van der Waals surface area contributed by atoms with Gasteiger partial charge < -0.3 is 29.7 Å². The molecular formula is C31H33ClF3N9O4. The summed E-state index contributed by atoms with van der Waals surface area (Å²) in [7, 11) is 3.09. The minimum absolute atomic E-state index is 0.00164. The summed E-state index contributed by atoms with van der Waals surface area (Å²) in [6.07, 6.45) is -2.65. The molecule has 1 aliphatic heterocycles. The van der Waals surface area contributed by atoms with Crippen LogP contribution in [0, 0.1) is 0 Å². The van der Waals surface area contributed by atoms with Crippen LogP contribution < -0.4 is 10.6 Å². The van der Waals surface area contributed by atoms with Gasteiger partial charge in [-0.05, 0) is 51.1 Å². The van der Waals surface area contributed by atoms with E-state index in [1.165, 1.54) is 47.0 Å². The van der Waals surface area contributed by atoms with Crippen molar-refractivity contribution >= 4 is 40.9 Å². The second-order valence-electron chi connectivity index (χ2n) is 11.9. The molecule has 1 fully saturated rings. The lowest BCUT2D eigenvalue weighted by molar-refractivity contribution is -0.140. The van der Waals surface area contributed by atoms with Crippen molar-refractivity contribution in [1.82, 2.24) is 34.5 Å². The standard InChI is InChI=1S/C31H33ClF3N9O4/c1-30(2,3)48-29(47)44-12-10-43(11-13-44)28(46)19-8-6-17(14-20(19)32)39-27(45)26-38-16-22(42(26)5)23-24(40-41-25(23)31(33,34)35)21-9-7-18(36-4)15-37-21/h6-9,14-16,36H,10-13H2,1-5H3,(H,39,45)(H,40,41). The zero-order valence-electron chi connectivity index (χ0n) is 26.7. The molecule has 4 heterocycles. The average molecular weight is 688 g/mol. The number of anilines is 2. The molecule has 0 atom stereocenters. The summed E-state index contributed by atoms with van der Waals surface area (Å²) < 4.78 is 48.7. The molecule has 1 aliphatic rings. The van der Waals surface area contributed by atoms with Crippen molar-refractivity contribution in [2.45, 2.75) is 32.5 Å². The number of hydrogen-bond donors (Lipinski definition) is 3. The number of alkyl halides is 3. The second-order valence-corrected chi connectivity index (χ2v) is 12.3. The van der Waals surface area contributed by atoms with Gasteiger partial charge in [0.25, 0.3) is 11.8 Å². The highest BCUT2D eigenvalue weighted by atomic mass is 35.5. The molecule has 1 aromatic carbocycles. The molecule has 0 unspecified atom stereocenters. The summed E-state index contributed by atoms with van der Waals surface area (Å²) in [4.78, 5) is 50.3. The Bertz CT molecular complexity index is 1840. The number of hydrogen-bond acceptors (Lipinski definition) is 8. The van der Waals surface area contributed by atoms with E-state index in [2.05, 4.69) is 30.8 Å². The van der Waals surface area contributed by atoms with Crippen molar-refractivity contribution in [3.8, 4) is 22.6 Å². The molecule has 0 radical (unpaired) electrons. The molecule has 0 spiro atoms. The number of pyridine rings is 1. The molecule has 13 nitrogen and oxygen atoms in total. The van der Waals surface area contributed by atoms with Gasteiger partial charge in [0.15, 0.2) is 11.5 Å². The smallest absolute Gasteiger partial charge is 0.435 e. The van der Waals surface area contributed by atoms with Crippen LogP contribution in [0.4, 0.5) is 29.3 Å². The third kappa shape index (κ3) is 7.22. The molecule has 3 aromatic heterocycles. The Morgan fingerprint density at radius 2 is 1.62 bits per heavy atom. The van der Waals surface area contributed by atoms with E-state index >= 15 is 0 Å². The largest absolute Gasteiger partial charge is 0.444 e. The molecule has 4 aromatic rings. The molecule has 5 rings (SSSR count). The van der Waals surface area contributed by atoms with Crippen LogP contribution in [-0.4, -0.2) is 91.3 Å². The Morgan fingerprint density at radius 1 is 0.958 bits per heavy atom. The van der Waals surface area contributed by atoms with Gasteiger partial charge in [0.1, 0.15) is 5.60 Å². The third-order valence-corrected chi connectivity index (χ3v) is 7.78. The summed E-state index contributed by atoms with van der Waals surface area (Å²) in [5.74, 6) is -1.27. The van der Waals surface area contributed by atoms with Crippen molar-refractivity contribution in [3.05, 3.63) is 64.8 Å². The van der Waals surface area contributed by atoms with E-state index in [1.54, 1.807) is 38.8 Å². The maximum absolute atomic E-state index is 14.0. The monoisotopic (exact) mass is 687 g/mol. The summed E-state index contributed by atoms with van der Waals surface area (Å²) in [6.45, 7) is 6.48. The predicted octanol–water partition coefficient (Wildman–Crippen LogP) is 5.53. The summed E-state index contributed by atoms with van der Waals surface area (Å²) in [6, 6.07) is 7.52. The van der Waals surface area contributed by atoms with Gasteiger partial charge in [0.2, 0.25) is 0 Å². The van der Waals surface area contributed by atoms with Crippen LogP contribution in [0.3, 0.4) is 0 Å². The zero-order chi connectivity index (χ0) is 35.0. The van der Waals surface area contributed by atoms with Crippen molar-refractivity contribution in [1.29, 1.82) is 0 Å². The van der Waals surface area contributed by atoms with Crippen molar-refractivity contribution < 1.29 is 32.3 Å². The highest BCUT2D eigenvalue weighted by Crippen LogP contribution is 2.41. The molecule has 17 heteroatoms. The van der Waals surface area contributed by atoms with Crippen molar-refractivity contribution in [2.75, 3.05) is 43.9 Å². The third-order valence-electron chi connectivity index (χ3n) is 7.47. The van der Waals surface area contributed by atoms with Gasteiger partial charge in [-0.2, -0.15) is 18.3 Å². The number of aromatic nitrogens is 5. The number of halogens is 4. The number of carbonyl (C=O) groups excluding carboxylic acids is 3. The predicted molar refractivity (Wildman–Crippen MR) is 172 cm³/mol. The van der Waals surface area contributed by atoms with Gasteiger partial charge in [-0.3, -0.25) is 19.7 Å². The molecule has 3 amide bonds. The van der Waals surface area contributed by atoms with Gasteiger partial charge >= 0.3 is 12.3 Å². The lowest BCUT2D eigenvalue weighted by Crippen LogP contribution is -2.51. The quantitative estimate of drug-likeness (QED) is 0.240. The maximum Gasteiger partial charge on any atom is 0.435 e. The van der Waals surface area contributed by atoms with Gasteiger partial charge in [-0.1, -0.05) is 11.6 Å². The lowest BCUT2D eigenvalue weighted by atomic mass is 10.1. The van der Waals surface area contributed by atoms with Crippen LogP contribution in [0.5, 0.6) is 0 Å². The molecule has 0 bridgehead atoms. The summed E-state index contributed by atoms with van der Waals surface area (Å²) in [5.41, 5.74) is -0.883. The zero-order valence-corrected chi connectivity index (χ0v) is 27.5. The fourth-order valence-electron chi connectivity index (χ4n) is 5.07. The van der Waals surface area contributed by atoms with Crippen LogP contribution in [0.25, 0.3) is 22.6 Å². The van der Waals surface area contributed by atoms with E-state index < -0.39 is 29.5 Å². The highest BCUT2D eigenvalue weighted by molar-refractivity contribution is 6.34. The number of H-pyrrole nitrogens is 1. The van der Waals surface area contributed by atoms with E-state index in [-0.39, 0.29) is 63.7 Å². The molecule has 3 N–H and O–H groups in total. The second kappa shape index (κ2) is 13.2. The minimum Gasteiger partial charge on any atom is -0.444 e. The lowest BCUT2D eigenvalue weighted by Gasteiger charge is -2.35. The van der Waals surface area contributed by atoms with E-state index in [9.17, 15) is 27.6 Å². The Kier molecular flexibility index (Phi) is 9.39. The van der Waals surface area contributed by atoms with Gasteiger partial charge in [0, 0.05) is 46.0 Å². The van der Waals surface area contributed by atoms with Crippen LogP contribution in [0.15, 0.2) is 42.7 Å². The molecule has 0 saturated carbocycles. The van der Waals surface area contributed by atoms with E-state index in [1.807, 2.05) is 0 Å². The highest BCUT2D eigenvalue weighted by Gasteiger charge is 2.40. The first-order chi connectivity index (χ1) is 22.6. The molecule has 0 aliphatic carbocycles. The Morgan fingerprint density at radius 3 is 2.21 bits per heavy atom. The number of imidazole rings is 1. The summed E-state index contributed by atoms with van der Waals surface area (Å²) in [5, 5.41) is 11.6. The molecular weight excluding hydrogens is 655 g/mol. The van der Waals surface area contributed by atoms with Gasteiger partial charge in [0.05, 0.1) is 51.3 Å². The van der Waals surface area contributed by atoms with Crippen molar-refractivity contribution in [3.63, 3.8) is 0 Å². The fourth-order valence-corrected chi connectivity index (χ4v) is 5.33. The van der Waals surface area contributed by atoms with E-state index in [0.29, 0.717) is 18.8 Å². The Balaban J connectivity index is 1.31. The Labute approximate surface area is 278 Å². The van der Waals surface area contributed by atoms with Gasteiger partial charge in [-0.25, -0.2) is 9.78 Å². The molecule has 254 valence electrons. The minimum atomic E-state index is -4.82. The SMILES string of the molecule is CNc1ccc(-c2[nH]nc(C(F)(F)F)c2-c2cnc(C(=O)Nc3ccc(C(=O)N4CCN(C(=O)OC(C)(C)C)CC4)c(Cl)c3)n2C)nc1. The average Bonchev–Trinajstić information content (AvgIpc) is 3.64. The maximum atomic E-state index is 14.0. The Hall–Kier alpha value is -5.12. The van der Waals surface area contributed by atoms with Gasteiger partial charge in [-0.15, -0.1) is 0 Å². The van der Waals surface area contributed by atoms with Crippen LogP contribution >= 0.6 is 11.6 Å². The number of ether oxygens (including phenoxy) is 1. The number of nitrogens with one attached hydrogen (secondary N) is 3. The molecule has 1 saturated heterocycles.